The van der Waals surface area contributed by atoms with Crippen LogP contribution in [0, 0.1) is 5.82 Å². The van der Waals surface area contributed by atoms with Crippen molar-refractivity contribution in [2.24, 2.45) is 0 Å². The van der Waals surface area contributed by atoms with Gasteiger partial charge in [0.05, 0.1) is 15.6 Å². The molecule has 2 aromatic rings. The summed E-state index contributed by atoms with van der Waals surface area (Å²) in [4.78, 5) is 18.4. The summed E-state index contributed by atoms with van der Waals surface area (Å²) in [6, 6.07) is 6.26. The zero-order valence-corrected chi connectivity index (χ0v) is 13.1. The van der Waals surface area contributed by atoms with Gasteiger partial charge in [-0.25, -0.2) is 4.39 Å². The standard InChI is InChI=1S/C16H13Cl2FN2O/c17-13-8-14(18)15(19)7-12(13)16(22)21(11-1-2-11)9-10-3-5-20-6-4-10/h3-8,11H,1-2,9H2. The van der Waals surface area contributed by atoms with Crippen molar-refractivity contribution in [1.82, 2.24) is 9.88 Å². The molecule has 3 rings (SSSR count). The first-order valence-corrected chi connectivity index (χ1v) is 7.66. The molecule has 0 atom stereocenters. The highest BCUT2D eigenvalue weighted by Gasteiger charge is 2.34. The van der Waals surface area contributed by atoms with E-state index in [4.69, 9.17) is 23.2 Å². The number of benzene rings is 1. The number of amides is 1. The van der Waals surface area contributed by atoms with Crippen molar-refractivity contribution in [1.29, 1.82) is 0 Å². The number of nitrogens with zero attached hydrogens (tertiary/aromatic N) is 2. The lowest BCUT2D eigenvalue weighted by Gasteiger charge is -2.23. The van der Waals surface area contributed by atoms with Gasteiger partial charge in [-0.05, 0) is 42.7 Å². The van der Waals surface area contributed by atoms with Crippen LogP contribution in [0.2, 0.25) is 10.0 Å². The van der Waals surface area contributed by atoms with E-state index in [1.807, 2.05) is 12.1 Å². The van der Waals surface area contributed by atoms with Crippen LogP contribution in [0.3, 0.4) is 0 Å². The second-order valence-corrected chi connectivity index (χ2v) is 6.08. The van der Waals surface area contributed by atoms with Crippen molar-refractivity contribution in [2.75, 3.05) is 0 Å². The van der Waals surface area contributed by atoms with Crippen molar-refractivity contribution in [2.45, 2.75) is 25.4 Å². The first-order valence-electron chi connectivity index (χ1n) is 6.90. The largest absolute Gasteiger partial charge is 0.331 e. The second-order valence-electron chi connectivity index (χ2n) is 5.27. The van der Waals surface area contributed by atoms with Gasteiger partial charge in [0, 0.05) is 25.0 Å². The van der Waals surface area contributed by atoms with Crippen LogP contribution in [0.5, 0.6) is 0 Å². The van der Waals surface area contributed by atoms with Crippen LogP contribution >= 0.6 is 23.2 Å². The van der Waals surface area contributed by atoms with Gasteiger partial charge in [-0.15, -0.1) is 0 Å². The topological polar surface area (TPSA) is 33.2 Å². The molecule has 22 heavy (non-hydrogen) atoms. The first kappa shape index (κ1) is 15.3. The smallest absolute Gasteiger partial charge is 0.256 e. The maximum Gasteiger partial charge on any atom is 0.256 e. The SMILES string of the molecule is O=C(c1cc(F)c(Cl)cc1Cl)N(Cc1ccncc1)C1CC1. The maximum absolute atomic E-state index is 13.7. The minimum Gasteiger partial charge on any atom is -0.331 e. The maximum atomic E-state index is 13.7. The third-order valence-electron chi connectivity index (χ3n) is 3.59. The van der Waals surface area contributed by atoms with Crippen molar-refractivity contribution in [3.05, 3.63) is 63.6 Å². The Morgan fingerprint density at radius 2 is 1.91 bits per heavy atom. The molecule has 1 aromatic carbocycles. The summed E-state index contributed by atoms with van der Waals surface area (Å²) in [7, 11) is 0. The van der Waals surface area contributed by atoms with E-state index in [1.165, 1.54) is 6.07 Å². The van der Waals surface area contributed by atoms with Gasteiger partial charge in [0.25, 0.3) is 5.91 Å². The first-order chi connectivity index (χ1) is 10.6. The molecule has 114 valence electrons. The Kier molecular flexibility index (Phi) is 4.32. The van der Waals surface area contributed by atoms with Crippen molar-refractivity contribution in [3.8, 4) is 0 Å². The van der Waals surface area contributed by atoms with Crippen LogP contribution < -0.4 is 0 Å². The Labute approximate surface area is 137 Å². The Morgan fingerprint density at radius 1 is 1.23 bits per heavy atom. The molecule has 1 fully saturated rings. The summed E-state index contributed by atoms with van der Waals surface area (Å²) in [6.45, 7) is 0.451. The zero-order chi connectivity index (χ0) is 15.7. The van der Waals surface area contributed by atoms with E-state index in [0.717, 1.165) is 24.5 Å². The summed E-state index contributed by atoms with van der Waals surface area (Å²) in [5, 5.41) is 0.0745. The predicted octanol–water partition coefficient (Wildman–Crippen LogP) is 4.33. The highest BCUT2D eigenvalue weighted by molar-refractivity contribution is 6.36. The molecular weight excluding hydrogens is 326 g/mol. The fraction of sp³-hybridized carbons (Fsp3) is 0.250. The van der Waals surface area contributed by atoms with E-state index in [9.17, 15) is 9.18 Å². The van der Waals surface area contributed by atoms with Crippen LogP contribution in [0.4, 0.5) is 4.39 Å². The Morgan fingerprint density at radius 3 is 2.55 bits per heavy atom. The molecule has 1 saturated carbocycles. The van der Waals surface area contributed by atoms with E-state index in [0.29, 0.717) is 6.54 Å². The Hall–Kier alpha value is -1.65. The molecular formula is C16H13Cl2FN2O. The van der Waals surface area contributed by atoms with E-state index in [1.54, 1.807) is 17.3 Å². The fourth-order valence-electron chi connectivity index (χ4n) is 2.28. The van der Waals surface area contributed by atoms with Crippen LogP contribution in [-0.4, -0.2) is 21.8 Å². The van der Waals surface area contributed by atoms with Gasteiger partial charge in [-0.3, -0.25) is 9.78 Å². The van der Waals surface area contributed by atoms with Gasteiger partial charge in [0.15, 0.2) is 0 Å². The van der Waals surface area contributed by atoms with Gasteiger partial charge in [0.1, 0.15) is 5.82 Å². The average molecular weight is 339 g/mol. The lowest BCUT2D eigenvalue weighted by molar-refractivity contribution is 0.0729. The van der Waals surface area contributed by atoms with E-state index >= 15 is 0 Å². The van der Waals surface area contributed by atoms with Gasteiger partial charge in [0.2, 0.25) is 0 Å². The molecule has 1 aliphatic carbocycles. The number of hydrogen-bond acceptors (Lipinski definition) is 2. The van der Waals surface area contributed by atoms with Crippen molar-refractivity contribution < 1.29 is 9.18 Å². The normalized spacial score (nSPS) is 14.0. The summed E-state index contributed by atoms with van der Waals surface area (Å²) in [6.07, 6.45) is 5.26. The molecule has 1 aliphatic rings. The predicted molar refractivity (Wildman–Crippen MR) is 83.6 cm³/mol. The number of halogens is 3. The van der Waals surface area contributed by atoms with Gasteiger partial charge in [-0.1, -0.05) is 23.2 Å². The number of carbonyl (C=O) groups excluding carboxylic acids is 1. The van der Waals surface area contributed by atoms with Crippen LogP contribution in [0.25, 0.3) is 0 Å². The molecule has 0 spiro atoms. The molecule has 3 nitrogen and oxygen atoms in total. The fourth-order valence-corrected chi connectivity index (χ4v) is 2.74. The summed E-state index contributed by atoms with van der Waals surface area (Å²) < 4.78 is 13.7. The molecule has 0 saturated heterocycles. The minimum absolute atomic E-state index is 0.0892. The molecule has 1 amide bonds. The molecule has 1 aromatic heterocycles. The Balaban J connectivity index is 1.89. The highest BCUT2D eigenvalue weighted by atomic mass is 35.5. The van der Waals surface area contributed by atoms with Crippen LogP contribution in [0.1, 0.15) is 28.8 Å². The molecule has 0 N–H and O–H groups in total. The van der Waals surface area contributed by atoms with Gasteiger partial charge in [-0.2, -0.15) is 0 Å². The lowest BCUT2D eigenvalue weighted by atomic mass is 10.1. The molecule has 0 bridgehead atoms. The molecule has 0 unspecified atom stereocenters. The van der Waals surface area contributed by atoms with E-state index in [2.05, 4.69) is 4.98 Å². The van der Waals surface area contributed by atoms with E-state index < -0.39 is 5.82 Å². The van der Waals surface area contributed by atoms with Gasteiger partial charge >= 0.3 is 0 Å². The minimum atomic E-state index is -0.644. The summed E-state index contributed by atoms with van der Waals surface area (Å²) >= 11 is 11.7. The number of pyridine rings is 1. The lowest BCUT2D eigenvalue weighted by Crippen LogP contribution is -2.32. The molecule has 6 heteroatoms. The quantitative estimate of drug-likeness (QED) is 0.777. The third kappa shape index (κ3) is 3.23. The molecule has 0 aliphatic heterocycles. The number of carbonyl (C=O) groups is 1. The number of hydrogen-bond donors (Lipinski definition) is 0. The molecule has 1 heterocycles. The zero-order valence-electron chi connectivity index (χ0n) is 11.6. The number of aromatic nitrogens is 1. The summed E-state index contributed by atoms with van der Waals surface area (Å²) in [5.74, 6) is -0.922. The number of rotatable bonds is 4. The highest BCUT2D eigenvalue weighted by Crippen LogP contribution is 2.32. The summed E-state index contributed by atoms with van der Waals surface area (Å²) in [5.41, 5.74) is 1.12. The van der Waals surface area contributed by atoms with E-state index in [-0.39, 0.29) is 27.6 Å². The third-order valence-corrected chi connectivity index (χ3v) is 4.19. The van der Waals surface area contributed by atoms with Crippen LogP contribution in [-0.2, 0) is 6.54 Å². The Bertz CT molecular complexity index is 705. The average Bonchev–Trinajstić information content (AvgIpc) is 3.33. The van der Waals surface area contributed by atoms with Gasteiger partial charge < -0.3 is 4.90 Å². The van der Waals surface area contributed by atoms with Crippen molar-refractivity contribution in [3.63, 3.8) is 0 Å². The second kappa shape index (κ2) is 6.23. The van der Waals surface area contributed by atoms with Crippen LogP contribution in [0.15, 0.2) is 36.7 Å². The van der Waals surface area contributed by atoms with Crippen molar-refractivity contribution >= 4 is 29.1 Å². The monoisotopic (exact) mass is 338 g/mol. The molecule has 0 radical (unpaired) electrons.